The molecule has 1 N–H and O–H groups in total. The minimum Gasteiger partial charge on any atom is -0.323 e. The second-order valence-corrected chi connectivity index (χ2v) is 8.10. The SMILES string of the molecule is CCN(Cc1ccc(Cl)s1)CN1C(=O)NC2(CCCCC2)C1=O. The van der Waals surface area contributed by atoms with Crippen LogP contribution >= 0.6 is 22.9 Å². The minimum absolute atomic E-state index is 0.0511. The Bertz CT molecular complexity index is 598. The molecule has 1 saturated carbocycles. The van der Waals surface area contributed by atoms with Crippen molar-refractivity contribution in [1.29, 1.82) is 0 Å². The maximum Gasteiger partial charge on any atom is 0.326 e. The summed E-state index contributed by atoms with van der Waals surface area (Å²) in [7, 11) is 0. The van der Waals surface area contributed by atoms with Crippen LogP contribution in [0, 0.1) is 0 Å². The van der Waals surface area contributed by atoms with Crippen molar-refractivity contribution in [2.45, 2.75) is 51.1 Å². The van der Waals surface area contributed by atoms with Gasteiger partial charge in [-0.25, -0.2) is 9.69 Å². The number of nitrogens with one attached hydrogen (secondary N) is 1. The standard InChI is InChI=1S/C16H22ClN3O2S/c1-2-19(10-12-6-7-13(17)23-12)11-20-14(21)16(18-15(20)22)8-4-3-5-9-16/h6-7H,2-5,8-11H2,1H3,(H,18,22). The number of rotatable bonds is 5. The van der Waals surface area contributed by atoms with E-state index in [0.717, 1.165) is 47.9 Å². The van der Waals surface area contributed by atoms with Crippen LogP contribution < -0.4 is 5.32 Å². The highest BCUT2D eigenvalue weighted by Gasteiger charge is 2.51. The third-order valence-corrected chi connectivity index (χ3v) is 5.97. The lowest BCUT2D eigenvalue weighted by Crippen LogP contribution is -2.49. The average Bonchev–Trinajstić information content (AvgIpc) is 3.04. The lowest BCUT2D eigenvalue weighted by molar-refractivity contribution is -0.133. The van der Waals surface area contributed by atoms with E-state index in [1.54, 1.807) is 0 Å². The Balaban J connectivity index is 1.68. The van der Waals surface area contributed by atoms with Crippen LogP contribution in [0.4, 0.5) is 4.79 Å². The molecule has 1 saturated heterocycles. The molecule has 1 aromatic rings. The van der Waals surface area contributed by atoms with E-state index >= 15 is 0 Å². The third-order valence-electron chi connectivity index (χ3n) is 4.75. The summed E-state index contributed by atoms with van der Waals surface area (Å²) < 4.78 is 0.757. The molecule has 7 heteroatoms. The summed E-state index contributed by atoms with van der Waals surface area (Å²) in [6.07, 6.45) is 4.68. The fourth-order valence-corrected chi connectivity index (χ4v) is 4.55. The van der Waals surface area contributed by atoms with Gasteiger partial charge in [-0.15, -0.1) is 11.3 Å². The van der Waals surface area contributed by atoms with Gasteiger partial charge in [-0.05, 0) is 31.5 Å². The van der Waals surface area contributed by atoms with E-state index in [4.69, 9.17) is 11.6 Å². The van der Waals surface area contributed by atoms with Crippen LogP contribution in [0.3, 0.4) is 0 Å². The zero-order valence-corrected chi connectivity index (χ0v) is 14.9. The molecule has 23 heavy (non-hydrogen) atoms. The molecule has 126 valence electrons. The van der Waals surface area contributed by atoms with Gasteiger partial charge in [-0.3, -0.25) is 9.69 Å². The summed E-state index contributed by atoms with van der Waals surface area (Å²) in [6.45, 7) is 3.82. The van der Waals surface area contributed by atoms with Gasteiger partial charge in [0, 0.05) is 11.4 Å². The van der Waals surface area contributed by atoms with Crippen molar-refractivity contribution in [1.82, 2.24) is 15.1 Å². The molecular weight excluding hydrogens is 334 g/mol. The van der Waals surface area contributed by atoms with Crippen LogP contribution in [0.15, 0.2) is 12.1 Å². The van der Waals surface area contributed by atoms with Crippen molar-refractivity contribution >= 4 is 34.9 Å². The van der Waals surface area contributed by atoms with E-state index in [-0.39, 0.29) is 11.9 Å². The maximum atomic E-state index is 12.8. The predicted octanol–water partition coefficient (Wildman–Crippen LogP) is 3.44. The van der Waals surface area contributed by atoms with Crippen LogP contribution in [-0.2, 0) is 11.3 Å². The highest BCUT2D eigenvalue weighted by molar-refractivity contribution is 7.16. The number of imide groups is 1. The van der Waals surface area contributed by atoms with E-state index in [1.165, 1.54) is 16.2 Å². The Morgan fingerprint density at radius 2 is 2.04 bits per heavy atom. The summed E-state index contributed by atoms with van der Waals surface area (Å²) in [4.78, 5) is 29.7. The van der Waals surface area contributed by atoms with Crippen LogP contribution in [0.25, 0.3) is 0 Å². The van der Waals surface area contributed by atoms with E-state index in [2.05, 4.69) is 10.2 Å². The molecule has 1 spiro atoms. The van der Waals surface area contributed by atoms with Crippen LogP contribution in [-0.4, -0.2) is 40.5 Å². The van der Waals surface area contributed by atoms with Crippen molar-refractivity contribution in [3.8, 4) is 0 Å². The zero-order chi connectivity index (χ0) is 16.4. The number of carbonyl (C=O) groups excluding carboxylic acids is 2. The van der Waals surface area contributed by atoms with Gasteiger partial charge in [-0.2, -0.15) is 0 Å². The molecular formula is C16H22ClN3O2S. The lowest BCUT2D eigenvalue weighted by Gasteiger charge is -2.31. The van der Waals surface area contributed by atoms with E-state index in [0.29, 0.717) is 13.2 Å². The van der Waals surface area contributed by atoms with Gasteiger partial charge in [-0.1, -0.05) is 37.8 Å². The van der Waals surface area contributed by atoms with Gasteiger partial charge in [0.25, 0.3) is 5.91 Å². The number of thiophene rings is 1. The molecule has 3 rings (SSSR count). The summed E-state index contributed by atoms with van der Waals surface area (Å²) in [5.74, 6) is -0.0511. The molecule has 1 aliphatic carbocycles. The smallest absolute Gasteiger partial charge is 0.323 e. The van der Waals surface area contributed by atoms with E-state index < -0.39 is 5.54 Å². The van der Waals surface area contributed by atoms with Crippen molar-refractivity contribution < 1.29 is 9.59 Å². The Kier molecular flexibility index (Phi) is 4.94. The van der Waals surface area contributed by atoms with Gasteiger partial charge in [0.05, 0.1) is 11.0 Å². The normalized spacial score (nSPS) is 20.6. The summed E-state index contributed by atoms with van der Waals surface area (Å²) >= 11 is 7.50. The topological polar surface area (TPSA) is 52.6 Å². The average molecular weight is 356 g/mol. The van der Waals surface area contributed by atoms with Crippen LogP contribution in [0.2, 0.25) is 4.34 Å². The first kappa shape index (κ1) is 16.7. The summed E-state index contributed by atoms with van der Waals surface area (Å²) in [5.41, 5.74) is -0.638. The Labute approximate surface area is 145 Å². The number of urea groups is 1. The second kappa shape index (κ2) is 6.79. The first-order valence-electron chi connectivity index (χ1n) is 8.15. The zero-order valence-electron chi connectivity index (χ0n) is 13.3. The number of halogens is 1. The van der Waals surface area contributed by atoms with Crippen molar-refractivity contribution in [3.63, 3.8) is 0 Å². The van der Waals surface area contributed by atoms with E-state index in [9.17, 15) is 9.59 Å². The van der Waals surface area contributed by atoms with Gasteiger partial charge in [0.2, 0.25) is 0 Å². The Morgan fingerprint density at radius 3 is 2.65 bits per heavy atom. The van der Waals surface area contributed by atoms with Crippen molar-refractivity contribution in [2.24, 2.45) is 0 Å². The van der Waals surface area contributed by atoms with Gasteiger partial charge < -0.3 is 5.32 Å². The molecule has 1 aromatic heterocycles. The molecule has 0 radical (unpaired) electrons. The fourth-order valence-electron chi connectivity index (χ4n) is 3.42. The number of carbonyl (C=O) groups is 2. The van der Waals surface area contributed by atoms with Crippen molar-refractivity contribution in [3.05, 3.63) is 21.3 Å². The quantitative estimate of drug-likeness (QED) is 0.823. The Hall–Kier alpha value is -1.11. The molecule has 3 amide bonds. The highest BCUT2D eigenvalue weighted by Crippen LogP contribution is 2.33. The highest BCUT2D eigenvalue weighted by atomic mass is 35.5. The molecule has 2 aliphatic rings. The first-order valence-corrected chi connectivity index (χ1v) is 9.34. The van der Waals surface area contributed by atoms with Gasteiger partial charge in [0.15, 0.2) is 0 Å². The molecule has 2 fully saturated rings. The van der Waals surface area contributed by atoms with Crippen LogP contribution in [0.1, 0.15) is 43.9 Å². The van der Waals surface area contributed by atoms with Crippen LogP contribution in [0.5, 0.6) is 0 Å². The number of nitrogens with zero attached hydrogens (tertiary/aromatic N) is 2. The minimum atomic E-state index is -0.638. The monoisotopic (exact) mass is 355 g/mol. The molecule has 1 aliphatic heterocycles. The predicted molar refractivity (Wildman–Crippen MR) is 91.5 cm³/mol. The third kappa shape index (κ3) is 3.39. The van der Waals surface area contributed by atoms with Gasteiger partial charge in [0.1, 0.15) is 5.54 Å². The first-order chi connectivity index (χ1) is 11.0. The van der Waals surface area contributed by atoms with Gasteiger partial charge >= 0.3 is 6.03 Å². The lowest BCUT2D eigenvalue weighted by atomic mass is 9.82. The molecule has 0 atom stereocenters. The maximum absolute atomic E-state index is 12.8. The number of hydrogen-bond donors (Lipinski definition) is 1. The molecule has 0 unspecified atom stereocenters. The van der Waals surface area contributed by atoms with Crippen molar-refractivity contribution in [2.75, 3.05) is 13.2 Å². The Morgan fingerprint density at radius 1 is 1.30 bits per heavy atom. The summed E-state index contributed by atoms with van der Waals surface area (Å²) in [6, 6.07) is 3.61. The molecule has 2 heterocycles. The fraction of sp³-hybridized carbons (Fsp3) is 0.625. The number of hydrogen-bond acceptors (Lipinski definition) is 4. The number of amides is 3. The largest absolute Gasteiger partial charge is 0.326 e. The molecule has 5 nitrogen and oxygen atoms in total. The summed E-state index contributed by atoms with van der Waals surface area (Å²) in [5, 5.41) is 2.96. The second-order valence-electron chi connectivity index (χ2n) is 6.30. The molecule has 0 bridgehead atoms. The molecule has 0 aromatic carbocycles. The van der Waals surface area contributed by atoms with E-state index in [1.807, 2.05) is 19.1 Å².